The molecule has 2 aromatic carbocycles. The molecule has 0 saturated carbocycles. The molecular weight excluding hydrogens is 331 g/mol. The first-order valence-corrected chi connectivity index (χ1v) is 8.77. The van der Waals surface area contributed by atoms with Crippen molar-refractivity contribution >= 4 is 26.2 Å². The van der Waals surface area contributed by atoms with Crippen LogP contribution in [-0.4, -0.2) is 27.5 Å². The van der Waals surface area contributed by atoms with Gasteiger partial charge in [-0.15, -0.1) is 11.8 Å². The maximum Gasteiger partial charge on any atom is 0.337 e. The van der Waals surface area contributed by atoms with Crippen LogP contribution in [0, 0.1) is 0 Å². The fourth-order valence-electron chi connectivity index (χ4n) is 2.27. The van der Waals surface area contributed by atoms with E-state index in [1.165, 1.54) is 18.7 Å². The van der Waals surface area contributed by atoms with Gasteiger partial charge in [0.1, 0.15) is 5.16 Å². The monoisotopic (exact) mass is 348 g/mol. The van der Waals surface area contributed by atoms with E-state index < -0.39 is 25.2 Å². The Kier molecular flexibility index (Phi) is 5.58. The molecule has 0 fully saturated rings. The third kappa shape index (κ3) is 3.47. The Morgan fingerprint density at radius 1 is 1.09 bits per heavy atom. The topological polar surface area (TPSA) is 74.6 Å². The molecule has 0 heterocycles. The van der Waals surface area contributed by atoms with Crippen molar-refractivity contribution in [2.45, 2.75) is 22.6 Å². The fourth-order valence-corrected chi connectivity index (χ4v) is 4.37. The summed E-state index contributed by atoms with van der Waals surface area (Å²) in [6.07, 6.45) is 0. The number of benzene rings is 2. The van der Waals surface area contributed by atoms with Gasteiger partial charge in [0.2, 0.25) is 0 Å². The van der Waals surface area contributed by atoms with Crippen molar-refractivity contribution in [1.29, 1.82) is 0 Å². The van der Waals surface area contributed by atoms with Crippen molar-refractivity contribution < 1.29 is 19.6 Å². The van der Waals surface area contributed by atoms with E-state index in [1.807, 2.05) is 30.3 Å². The summed E-state index contributed by atoms with van der Waals surface area (Å²) in [4.78, 5) is 12.5. The zero-order valence-electron chi connectivity index (χ0n) is 12.5. The normalized spacial score (nSPS) is 16.4. The average Bonchev–Trinajstić information content (AvgIpc) is 2.57. The van der Waals surface area contributed by atoms with E-state index in [4.69, 9.17) is 0 Å². The molecule has 2 unspecified atom stereocenters. The van der Waals surface area contributed by atoms with E-state index in [1.54, 1.807) is 30.3 Å². The van der Waals surface area contributed by atoms with Crippen LogP contribution < -0.4 is 0 Å². The molecule has 2 atom stereocenters. The highest BCUT2D eigenvalue weighted by Gasteiger charge is 2.55. The van der Waals surface area contributed by atoms with Crippen LogP contribution in [0.1, 0.15) is 12.5 Å². The van der Waals surface area contributed by atoms with Crippen LogP contribution in [-0.2, 0) is 14.5 Å². The molecule has 4 nitrogen and oxygen atoms in total. The highest BCUT2D eigenvalue weighted by Crippen LogP contribution is 2.48. The molecule has 0 aliphatic carbocycles. The second kappa shape index (κ2) is 7.26. The smallest absolute Gasteiger partial charge is 0.337 e. The molecule has 0 saturated heterocycles. The van der Waals surface area contributed by atoms with E-state index in [-0.39, 0.29) is 5.75 Å². The standard InChI is InChI=1S/C17H17O4PS/c1-16(20,15(18)19)17(22-21,13-8-4-2-5-9-13)12-23-14-10-6-3-7-11-14/h2-11,20H,12H2,1H3,(H,18,19). The van der Waals surface area contributed by atoms with Crippen molar-refractivity contribution in [3.63, 3.8) is 0 Å². The van der Waals surface area contributed by atoms with Crippen LogP contribution in [0.15, 0.2) is 65.6 Å². The molecule has 2 aromatic rings. The van der Waals surface area contributed by atoms with Crippen LogP contribution >= 0.6 is 20.2 Å². The van der Waals surface area contributed by atoms with E-state index in [0.717, 1.165) is 4.90 Å². The first kappa shape index (κ1) is 17.7. The number of aliphatic carboxylic acids is 1. The molecule has 6 heteroatoms. The van der Waals surface area contributed by atoms with E-state index in [9.17, 15) is 19.6 Å². The summed E-state index contributed by atoms with van der Waals surface area (Å²) in [7, 11) is -0.443. The number of aliphatic hydroxyl groups is 1. The van der Waals surface area contributed by atoms with Gasteiger partial charge in [-0.2, -0.15) is 0 Å². The molecule has 120 valence electrons. The molecule has 0 spiro atoms. The Balaban J connectivity index is 2.46. The van der Waals surface area contributed by atoms with Gasteiger partial charge in [0.05, 0.1) is 0 Å². The third-order valence-corrected chi connectivity index (χ3v) is 6.38. The Hall–Kier alpha value is -1.68. The molecule has 0 bridgehead atoms. The summed E-state index contributed by atoms with van der Waals surface area (Å²) in [6, 6.07) is 18.0. The Morgan fingerprint density at radius 2 is 1.61 bits per heavy atom. The second-order valence-electron chi connectivity index (χ2n) is 5.30. The molecule has 2 rings (SSSR count). The quantitative estimate of drug-likeness (QED) is 0.588. The van der Waals surface area contributed by atoms with Gasteiger partial charge < -0.3 is 10.2 Å². The predicted molar refractivity (Wildman–Crippen MR) is 91.2 cm³/mol. The van der Waals surface area contributed by atoms with E-state index >= 15 is 0 Å². The number of carboxylic acid groups (broad SMARTS) is 1. The lowest BCUT2D eigenvalue weighted by Crippen LogP contribution is -2.53. The second-order valence-corrected chi connectivity index (χ2v) is 7.29. The number of hydrogen-bond acceptors (Lipinski definition) is 4. The maximum atomic E-state index is 12.1. The minimum absolute atomic E-state index is 0.158. The lowest BCUT2D eigenvalue weighted by molar-refractivity contribution is -0.160. The van der Waals surface area contributed by atoms with Crippen LogP contribution in [0.4, 0.5) is 0 Å². The van der Waals surface area contributed by atoms with E-state index in [0.29, 0.717) is 5.56 Å². The fraction of sp³-hybridized carbons (Fsp3) is 0.235. The van der Waals surface area contributed by atoms with Crippen molar-refractivity contribution in [2.24, 2.45) is 0 Å². The van der Waals surface area contributed by atoms with Gasteiger partial charge in [0, 0.05) is 10.6 Å². The number of hydrogen-bond donors (Lipinski definition) is 2. The first-order chi connectivity index (χ1) is 10.9. The Labute approximate surface area is 140 Å². The van der Waals surface area contributed by atoms with Crippen molar-refractivity contribution in [3.8, 4) is 0 Å². The van der Waals surface area contributed by atoms with Gasteiger partial charge in [-0.1, -0.05) is 48.5 Å². The number of thioether (sulfide) groups is 1. The first-order valence-electron chi connectivity index (χ1n) is 6.98. The Morgan fingerprint density at radius 3 is 2.09 bits per heavy atom. The predicted octanol–water partition coefficient (Wildman–Crippen LogP) is 3.80. The van der Waals surface area contributed by atoms with Gasteiger partial charge in [-0.25, -0.2) is 4.79 Å². The van der Waals surface area contributed by atoms with Crippen LogP contribution in [0.25, 0.3) is 0 Å². The number of carbonyl (C=O) groups is 1. The zero-order chi connectivity index (χ0) is 16.9. The largest absolute Gasteiger partial charge is 0.479 e. The van der Waals surface area contributed by atoms with Crippen LogP contribution in [0.2, 0.25) is 0 Å². The SMILES string of the molecule is CC(O)(C(=O)O)C(CSc1ccccc1)(P=O)c1ccccc1. The molecule has 23 heavy (non-hydrogen) atoms. The van der Waals surface area contributed by atoms with Crippen molar-refractivity contribution in [3.05, 3.63) is 66.2 Å². The molecule has 0 aromatic heterocycles. The molecular formula is C17H17O4PS. The molecule has 0 amide bonds. The maximum absolute atomic E-state index is 12.1. The van der Waals surface area contributed by atoms with Crippen LogP contribution in [0.5, 0.6) is 0 Å². The average molecular weight is 348 g/mol. The number of carboxylic acids is 1. The van der Waals surface area contributed by atoms with Gasteiger partial charge >= 0.3 is 5.97 Å². The summed E-state index contributed by atoms with van der Waals surface area (Å²) >= 11 is 1.36. The van der Waals surface area contributed by atoms with Gasteiger partial charge in [-0.05, 0) is 24.6 Å². The lowest BCUT2D eigenvalue weighted by Gasteiger charge is -2.37. The van der Waals surface area contributed by atoms with Gasteiger partial charge in [0.15, 0.2) is 14.1 Å². The minimum Gasteiger partial charge on any atom is -0.479 e. The summed E-state index contributed by atoms with van der Waals surface area (Å²) in [5.74, 6) is -1.25. The zero-order valence-corrected chi connectivity index (χ0v) is 14.3. The highest BCUT2D eigenvalue weighted by atomic mass is 32.2. The summed E-state index contributed by atoms with van der Waals surface area (Å²) < 4.78 is 12.1. The molecule has 0 aliphatic rings. The lowest BCUT2D eigenvalue weighted by atomic mass is 9.83. The summed E-state index contributed by atoms with van der Waals surface area (Å²) in [6.45, 7) is 1.19. The number of rotatable bonds is 7. The molecule has 0 radical (unpaired) electrons. The van der Waals surface area contributed by atoms with Gasteiger partial charge in [0.25, 0.3) is 0 Å². The summed E-state index contributed by atoms with van der Waals surface area (Å²) in [5.41, 5.74) is -1.66. The van der Waals surface area contributed by atoms with Crippen molar-refractivity contribution in [1.82, 2.24) is 0 Å². The Bertz CT molecular complexity index is 676. The highest BCUT2D eigenvalue weighted by molar-refractivity contribution is 7.99. The third-order valence-electron chi connectivity index (χ3n) is 3.82. The van der Waals surface area contributed by atoms with E-state index in [2.05, 4.69) is 0 Å². The molecule has 0 aliphatic heterocycles. The van der Waals surface area contributed by atoms with Crippen molar-refractivity contribution in [2.75, 3.05) is 5.75 Å². The minimum atomic E-state index is -2.18. The summed E-state index contributed by atoms with van der Waals surface area (Å²) in [5, 5.41) is 18.6. The molecule has 2 N–H and O–H groups in total. The van der Waals surface area contributed by atoms with Gasteiger partial charge in [-0.3, -0.25) is 4.57 Å². The van der Waals surface area contributed by atoms with Crippen LogP contribution in [0.3, 0.4) is 0 Å².